The smallest absolute Gasteiger partial charge is 0.277 e. The number of nitrogens with one attached hydrogen (secondary N) is 2. The minimum Gasteiger partial charge on any atom is -0.482 e. The lowest BCUT2D eigenvalue weighted by Crippen LogP contribution is -2.25. The van der Waals surface area contributed by atoms with Gasteiger partial charge in [0, 0.05) is 0 Å². The Morgan fingerprint density at radius 3 is 1.57 bits per heavy atom. The zero-order valence-electron chi connectivity index (χ0n) is 14.5. The lowest BCUT2D eigenvalue weighted by molar-refractivity contribution is -0.123. The number of ether oxygens (including phenoxy) is 2. The van der Waals surface area contributed by atoms with Gasteiger partial charge >= 0.3 is 0 Å². The zero-order chi connectivity index (χ0) is 20.2. The molecule has 0 bridgehead atoms. The Labute approximate surface area is 171 Å². The first-order chi connectivity index (χ1) is 13.6. The molecule has 2 aromatic carbocycles. The molecular weight excluding hydrogens is 407 g/mol. The van der Waals surface area contributed by atoms with E-state index in [-0.39, 0.29) is 13.2 Å². The summed E-state index contributed by atoms with van der Waals surface area (Å²) in [5.74, 6) is -0.179. The number of halogens is 2. The van der Waals surface area contributed by atoms with Crippen LogP contribution >= 0.6 is 23.2 Å². The minimum absolute atomic E-state index is 0.256. The molecule has 0 aliphatic carbocycles. The number of hydrazone groups is 2. The van der Waals surface area contributed by atoms with Gasteiger partial charge < -0.3 is 9.47 Å². The molecule has 0 spiro atoms. The molecule has 0 aliphatic rings. The fraction of sp³-hybridized carbons (Fsp3) is 0.111. The van der Waals surface area contributed by atoms with Crippen LogP contribution in [-0.4, -0.2) is 37.5 Å². The molecule has 2 rings (SSSR count). The first-order valence-electron chi connectivity index (χ1n) is 7.93. The molecule has 0 saturated heterocycles. The van der Waals surface area contributed by atoms with E-state index in [1.165, 1.54) is 12.4 Å². The maximum absolute atomic E-state index is 11.6. The van der Waals surface area contributed by atoms with Gasteiger partial charge in [-0.2, -0.15) is 10.2 Å². The number of hydrogen-bond donors (Lipinski definition) is 2. The van der Waals surface area contributed by atoms with E-state index in [0.717, 1.165) is 0 Å². The summed E-state index contributed by atoms with van der Waals surface area (Å²) in [5, 5.41) is 8.05. The summed E-state index contributed by atoms with van der Waals surface area (Å²) in [6.07, 6.45) is 2.37. The summed E-state index contributed by atoms with van der Waals surface area (Å²) in [4.78, 5) is 23.2. The van der Waals surface area contributed by atoms with Crippen molar-refractivity contribution in [3.63, 3.8) is 0 Å². The van der Waals surface area contributed by atoms with Gasteiger partial charge in [0.15, 0.2) is 13.2 Å². The molecular formula is C18H16Cl2N4O4. The quantitative estimate of drug-likeness (QED) is 0.478. The summed E-state index contributed by atoms with van der Waals surface area (Å²) in [5.41, 5.74) is 4.47. The van der Waals surface area contributed by atoms with E-state index < -0.39 is 11.8 Å². The van der Waals surface area contributed by atoms with E-state index >= 15 is 0 Å². The topological polar surface area (TPSA) is 101 Å². The van der Waals surface area contributed by atoms with Crippen molar-refractivity contribution < 1.29 is 19.1 Å². The summed E-state index contributed by atoms with van der Waals surface area (Å²) in [6.45, 7) is -0.511. The third kappa shape index (κ3) is 7.65. The van der Waals surface area contributed by atoms with E-state index in [0.29, 0.717) is 21.5 Å². The van der Waals surface area contributed by atoms with Crippen LogP contribution in [0.15, 0.2) is 58.7 Å². The van der Waals surface area contributed by atoms with Crippen LogP contribution in [0.2, 0.25) is 10.0 Å². The van der Waals surface area contributed by atoms with Crippen molar-refractivity contribution in [1.29, 1.82) is 0 Å². The number of carbonyl (C=O) groups excluding carboxylic acids is 2. The molecule has 146 valence electrons. The van der Waals surface area contributed by atoms with Crippen molar-refractivity contribution in [3.05, 3.63) is 58.6 Å². The SMILES string of the molecule is O=C(COc1ccccc1Cl)N/N=C\C=N\NC(=O)COc1ccccc1Cl. The van der Waals surface area contributed by atoms with Gasteiger partial charge in [-0.3, -0.25) is 9.59 Å². The lowest BCUT2D eigenvalue weighted by atomic mass is 10.3. The summed E-state index contributed by atoms with van der Waals surface area (Å²) in [6, 6.07) is 13.6. The van der Waals surface area contributed by atoms with Crippen molar-refractivity contribution in [2.24, 2.45) is 10.2 Å². The molecule has 0 fully saturated rings. The number of rotatable bonds is 9. The number of benzene rings is 2. The van der Waals surface area contributed by atoms with Crippen molar-refractivity contribution in [3.8, 4) is 11.5 Å². The maximum Gasteiger partial charge on any atom is 0.277 e. The molecule has 2 aromatic rings. The Bertz CT molecular complexity index is 803. The summed E-state index contributed by atoms with van der Waals surface area (Å²) < 4.78 is 10.5. The van der Waals surface area contributed by atoms with Crippen LogP contribution < -0.4 is 20.3 Å². The highest BCUT2D eigenvalue weighted by Gasteiger charge is 2.05. The van der Waals surface area contributed by atoms with E-state index in [1.807, 2.05) is 0 Å². The lowest BCUT2D eigenvalue weighted by Gasteiger charge is -2.06. The standard InChI is InChI=1S/C18H16Cl2N4O4/c19-13-5-1-3-7-15(13)27-11-17(25)23-21-9-10-22-24-18(26)12-28-16-8-4-2-6-14(16)20/h1-10H,11-12H2,(H,23,25)(H,24,26)/b21-9-,22-10+. The molecule has 0 atom stereocenters. The Morgan fingerprint density at radius 2 is 1.18 bits per heavy atom. The van der Waals surface area contributed by atoms with Crippen LogP contribution in [0.25, 0.3) is 0 Å². The van der Waals surface area contributed by atoms with Crippen molar-refractivity contribution in [2.75, 3.05) is 13.2 Å². The molecule has 2 amide bonds. The van der Waals surface area contributed by atoms with Crippen LogP contribution in [0.1, 0.15) is 0 Å². The Kier molecular flexibility index (Phi) is 8.77. The van der Waals surface area contributed by atoms with Crippen LogP contribution in [-0.2, 0) is 9.59 Å². The van der Waals surface area contributed by atoms with Gasteiger partial charge in [-0.05, 0) is 24.3 Å². The first-order valence-corrected chi connectivity index (χ1v) is 8.69. The van der Waals surface area contributed by atoms with E-state index in [2.05, 4.69) is 21.1 Å². The van der Waals surface area contributed by atoms with Gasteiger partial charge in [0.2, 0.25) is 0 Å². The van der Waals surface area contributed by atoms with Crippen LogP contribution in [0, 0.1) is 0 Å². The third-order valence-electron chi connectivity index (χ3n) is 2.99. The van der Waals surface area contributed by atoms with E-state index in [9.17, 15) is 9.59 Å². The van der Waals surface area contributed by atoms with Crippen molar-refractivity contribution >= 4 is 47.4 Å². The second kappa shape index (κ2) is 11.6. The summed E-state index contributed by atoms with van der Waals surface area (Å²) in [7, 11) is 0. The molecule has 0 heterocycles. The maximum atomic E-state index is 11.6. The Balaban J connectivity index is 1.62. The largest absolute Gasteiger partial charge is 0.482 e. The molecule has 28 heavy (non-hydrogen) atoms. The fourth-order valence-corrected chi connectivity index (χ4v) is 2.14. The van der Waals surface area contributed by atoms with Gasteiger partial charge in [0.1, 0.15) is 11.5 Å². The molecule has 10 heteroatoms. The first kappa shape index (κ1) is 21.2. The molecule has 2 N–H and O–H groups in total. The number of carbonyl (C=O) groups is 2. The van der Waals surface area contributed by atoms with E-state index in [1.54, 1.807) is 48.5 Å². The van der Waals surface area contributed by atoms with Crippen LogP contribution in [0.5, 0.6) is 11.5 Å². The average molecular weight is 423 g/mol. The monoisotopic (exact) mass is 422 g/mol. The second-order valence-electron chi connectivity index (χ2n) is 5.06. The van der Waals surface area contributed by atoms with Gasteiger partial charge in [0.05, 0.1) is 22.5 Å². The number of hydrogen-bond acceptors (Lipinski definition) is 6. The molecule has 0 saturated carbocycles. The third-order valence-corrected chi connectivity index (χ3v) is 3.61. The summed E-state index contributed by atoms with van der Waals surface area (Å²) >= 11 is 11.8. The second-order valence-corrected chi connectivity index (χ2v) is 5.88. The molecule has 0 aliphatic heterocycles. The zero-order valence-corrected chi connectivity index (χ0v) is 16.0. The van der Waals surface area contributed by atoms with Crippen molar-refractivity contribution in [1.82, 2.24) is 10.9 Å². The van der Waals surface area contributed by atoms with Crippen LogP contribution in [0.3, 0.4) is 0 Å². The normalized spacial score (nSPS) is 10.8. The highest BCUT2D eigenvalue weighted by Crippen LogP contribution is 2.23. The molecule has 0 aromatic heterocycles. The van der Waals surface area contributed by atoms with Crippen LogP contribution in [0.4, 0.5) is 0 Å². The van der Waals surface area contributed by atoms with Gasteiger partial charge in [-0.1, -0.05) is 47.5 Å². The molecule has 0 unspecified atom stereocenters. The van der Waals surface area contributed by atoms with Crippen molar-refractivity contribution in [2.45, 2.75) is 0 Å². The Morgan fingerprint density at radius 1 is 0.786 bits per heavy atom. The Hall–Kier alpha value is -3.10. The number of amides is 2. The minimum atomic E-state index is -0.484. The van der Waals surface area contributed by atoms with E-state index in [4.69, 9.17) is 32.7 Å². The predicted molar refractivity (Wildman–Crippen MR) is 107 cm³/mol. The molecule has 0 radical (unpaired) electrons. The van der Waals surface area contributed by atoms with Gasteiger partial charge in [-0.15, -0.1) is 0 Å². The van der Waals surface area contributed by atoms with Gasteiger partial charge in [-0.25, -0.2) is 10.9 Å². The fourth-order valence-electron chi connectivity index (χ4n) is 1.76. The highest BCUT2D eigenvalue weighted by atomic mass is 35.5. The predicted octanol–water partition coefficient (Wildman–Crippen LogP) is 2.66. The number of para-hydroxylation sites is 2. The van der Waals surface area contributed by atoms with Gasteiger partial charge in [0.25, 0.3) is 11.8 Å². The average Bonchev–Trinajstić information content (AvgIpc) is 2.69. The number of nitrogens with zero attached hydrogens (tertiary/aromatic N) is 2. The molecule has 8 nitrogen and oxygen atoms in total. The highest BCUT2D eigenvalue weighted by molar-refractivity contribution is 6.32.